The van der Waals surface area contributed by atoms with Crippen molar-refractivity contribution in [3.8, 4) is 11.5 Å². The van der Waals surface area contributed by atoms with Gasteiger partial charge in [-0.15, -0.1) is 0 Å². The van der Waals surface area contributed by atoms with Gasteiger partial charge in [-0.05, 0) is 61.7 Å². The summed E-state index contributed by atoms with van der Waals surface area (Å²) < 4.78 is 16.6. The number of benzene rings is 2. The number of hydrogen-bond donors (Lipinski definition) is 1. The molecule has 2 aromatic carbocycles. The van der Waals surface area contributed by atoms with E-state index in [1.807, 2.05) is 13.0 Å². The number of Topliss-reactive ketones (excluding diaryl/α,β-unsaturated/α-hetero) is 1. The molecule has 9 nitrogen and oxygen atoms in total. The molecule has 41 heavy (non-hydrogen) atoms. The molecular formula is C31H32N2O7S. The van der Waals surface area contributed by atoms with Crippen LogP contribution in [0.15, 0.2) is 48.0 Å². The molecule has 0 aliphatic carbocycles. The van der Waals surface area contributed by atoms with Crippen LogP contribution in [0.2, 0.25) is 0 Å². The van der Waals surface area contributed by atoms with Crippen molar-refractivity contribution < 1.29 is 33.7 Å². The fraction of sp³-hybridized carbons (Fsp3) is 0.355. The maximum atomic E-state index is 13.6. The van der Waals surface area contributed by atoms with Gasteiger partial charge < -0.3 is 19.3 Å². The molecule has 3 aromatic rings. The lowest BCUT2D eigenvalue weighted by atomic mass is 9.94. The number of carbonyl (C=O) groups excluding carboxylic acids is 3. The number of aryl methyl sites for hydroxylation is 1. The first-order valence-electron chi connectivity index (χ1n) is 13.6. The van der Waals surface area contributed by atoms with Gasteiger partial charge >= 0.3 is 11.9 Å². The molecule has 1 amide bonds. The number of rotatable bonds is 9. The van der Waals surface area contributed by atoms with E-state index in [0.717, 1.165) is 41.9 Å². The Labute approximate surface area is 242 Å². The highest BCUT2D eigenvalue weighted by atomic mass is 32.1. The van der Waals surface area contributed by atoms with E-state index >= 15 is 0 Å². The molecule has 1 fully saturated rings. The van der Waals surface area contributed by atoms with Crippen LogP contribution in [-0.4, -0.2) is 47.6 Å². The van der Waals surface area contributed by atoms with Gasteiger partial charge in [-0.3, -0.25) is 14.5 Å². The van der Waals surface area contributed by atoms with Crippen molar-refractivity contribution in [2.75, 3.05) is 18.6 Å². The highest BCUT2D eigenvalue weighted by molar-refractivity contribution is 7.17. The molecule has 3 heterocycles. The Hall–Kier alpha value is -4.18. The summed E-state index contributed by atoms with van der Waals surface area (Å²) in [5.74, 6) is -1.27. The summed E-state index contributed by atoms with van der Waals surface area (Å²) in [5.41, 5.74) is 2.18. The van der Waals surface area contributed by atoms with Crippen molar-refractivity contribution in [2.45, 2.75) is 58.6 Å². The number of aliphatic hydroxyl groups excluding tert-OH is 1. The molecule has 2 aliphatic rings. The molecule has 0 saturated carbocycles. The number of ether oxygens (including phenoxy) is 3. The van der Waals surface area contributed by atoms with E-state index < -0.39 is 23.7 Å². The van der Waals surface area contributed by atoms with E-state index in [1.54, 1.807) is 43.3 Å². The zero-order valence-corrected chi connectivity index (χ0v) is 24.2. The molecular weight excluding hydrogens is 544 g/mol. The average molecular weight is 577 g/mol. The summed E-state index contributed by atoms with van der Waals surface area (Å²) in [7, 11) is 1.27. The topological polar surface area (TPSA) is 115 Å². The fourth-order valence-corrected chi connectivity index (χ4v) is 6.17. The molecule has 5 rings (SSSR count). The first-order valence-corrected chi connectivity index (χ1v) is 14.4. The summed E-state index contributed by atoms with van der Waals surface area (Å²) >= 11 is 0.958. The molecule has 0 spiro atoms. The third-order valence-electron chi connectivity index (χ3n) is 7.17. The smallest absolute Gasteiger partial charge is 0.350 e. The van der Waals surface area contributed by atoms with E-state index in [1.165, 1.54) is 12.0 Å². The molecule has 1 aromatic heterocycles. The Morgan fingerprint density at radius 2 is 2.00 bits per heavy atom. The van der Waals surface area contributed by atoms with E-state index in [4.69, 9.17) is 14.2 Å². The van der Waals surface area contributed by atoms with Crippen molar-refractivity contribution >= 4 is 39.9 Å². The van der Waals surface area contributed by atoms with Crippen LogP contribution in [0.25, 0.3) is 5.76 Å². The molecule has 214 valence electrons. The summed E-state index contributed by atoms with van der Waals surface area (Å²) in [5, 5.41) is 11.7. The Morgan fingerprint density at radius 1 is 1.20 bits per heavy atom. The van der Waals surface area contributed by atoms with Crippen molar-refractivity contribution in [3.63, 3.8) is 0 Å². The van der Waals surface area contributed by atoms with Gasteiger partial charge in [0.15, 0.2) is 5.13 Å². The van der Waals surface area contributed by atoms with Crippen LogP contribution in [0.5, 0.6) is 11.5 Å². The molecule has 1 saturated heterocycles. The Morgan fingerprint density at radius 3 is 2.76 bits per heavy atom. The number of ketones is 1. The lowest BCUT2D eigenvalue weighted by Gasteiger charge is -2.23. The van der Waals surface area contributed by atoms with Crippen molar-refractivity contribution in [2.24, 2.45) is 0 Å². The lowest BCUT2D eigenvalue weighted by molar-refractivity contribution is -0.132. The Kier molecular flexibility index (Phi) is 8.12. The predicted octanol–water partition coefficient (Wildman–Crippen LogP) is 5.76. The van der Waals surface area contributed by atoms with E-state index in [9.17, 15) is 19.5 Å². The molecule has 10 heteroatoms. The van der Waals surface area contributed by atoms with Crippen LogP contribution in [0.3, 0.4) is 0 Å². The molecule has 1 N–H and O–H groups in total. The van der Waals surface area contributed by atoms with E-state index in [-0.39, 0.29) is 27.4 Å². The number of aliphatic hydroxyl groups is 1. The van der Waals surface area contributed by atoms with E-state index in [0.29, 0.717) is 35.6 Å². The number of thiazole rings is 1. The summed E-state index contributed by atoms with van der Waals surface area (Å²) in [6.07, 6.45) is 3.67. The first kappa shape index (κ1) is 28.4. The van der Waals surface area contributed by atoms with Gasteiger partial charge in [0.05, 0.1) is 31.0 Å². The van der Waals surface area contributed by atoms with Crippen LogP contribution in [0, 0.1) is 6.92 Å². The molecule has 2 atom stereocenters. The number of fused-ring (bicyclic) bond motifs is 1. The second kappa shape index (κ2) is 11.7. The van der Waals surface area contributed by atoms with Gasteiger partial charge in [0.1, 0.15) is 28.2 Å². The number of methoxy groups -OCH3 is 1. The van der Waals surface area contributed by atoms with Crippen LogP contribution in [-0.2, 0) is 20.7 Å². The molecule has 0 bridgehead atoms. The van der Waals surface area contributed by atoms with Gasteiger partial charge in [0.2, 0.25) is 0 Å². The second-order valence-corrected chi connectivity index (χ2v) is 11.1. The van der Waals surface area contributed by atoms with Gasteiger partial charge in [0, 0.05) is 12.0 Å². The number of esters is 1. The maximum Gasteiger partial charge on any atom is 0.350 e. The number of nitrogens with zero attached hydrogens (tertiary/aromatic N) is 2. The lowest BCUT2D eigenvalue weighted by Crippen LogP contribution is -2.29. The largest absolute Gasteiger partial charge is 0.507 e. The second-order valence-electron chi connectivity index (χ2n) is 10.2. The Bertz CT molecular complexity index is 1540. The maximum absolute atomic E-state index is 13.6. The number of hydrogen-bond acceptors (Lipinski definition) is 9. The molecule has 2 aliphatic heterocycles. The van der Waals surface area contributed by atoms with Crippen molar-refractivity contribution in [1.82, 2.24) is 4.98 Å². The zero-order valence-electron chi connectivity index (χ0n) is 23.4. The fourth-order valence-electron chi connectivity index (χ4n) is 5.15. The number of anilines is 1. The average Bonchev–Trinajstić information content (AvgIpc) is 3.62. The molecule has 0 unspecified atom stereocenters. The highest BCUT2D eigenvalue weighted by Gasteiger charge is 2.48. The number of carbonyl (C=O) groups is 3. The zero-order chi connectivity index (χ0) is 29.3. The van der Waals surface area contributed by atoms with E-state index in [2.05, 4.69) is 11.9 Å². The van der Waals surface area contributed by atoms with Gasteiger partial charge in [0.25, 0.3) is 5.78 Å². The summed E-state index contributed by atoms with van der Waals surface area (Å²) in [6, 6.07) is 11.3. The Balaban J connectivity index is 1.63. The minimum atomic E-state index is -1.01. The van der Waals surface area contributed by atoms with Gasteiger partial charge in [-0.2, -0.15) is 0 Å². The monoisotopic (exact) mass is 576 g/mol. The van der Waals surface area contributed by atoms with Crippen LogP contribution >= 0.6 is 11.3 Å². The third kappa shape index (κ3) is 5.44. The SMILES string of the molecule is CCCCCOc1cccc([C@H]2/C(=C(\O)c3ccc4c(c3)C[C@@H](C)O4)C(=O)C(=O)N2c2nc(C)c(C(=O)OC)s2)c1. The van der Waals surface area contributed by atoms with Crippen molar-refractivity contribution in [3.05, 3.63) is 75.3 Å². The predicted molar refractivity (Wildman–Crippen MR) is 155 cm³/mol. The third-order valence-corrected chi connectivity index (χ3v) is 8.30. The number of amides is 1. The van der Waals surface area contributed by atoms with Crippen LogP contribution in [0.1, 0.15) is 71.2 Å². The van der Waals surface area contributed by atoms with Crippen molar-refractivity contribution in [1.29, 1.82) is 0 Å². The normalized spacial score (nSPS) is 19.3. The highest BCUT2D eigenvalue weighted by Crippen LogP contribution is 2.45. The number of unbranched alkanes of at least 4 members (excludes halogenated alkanes) is 2. The minimum Gasteiger partial charge on any atom is -0.507 e. The van der Waals surface area contributed by atoms with Gasteiger partial charge in [-0.25, -0.2) is 9.78 Å². The van der Waals surface area contributed by atoms with Crippen LogP contribution in [0.4, 0.5) is 5.13 Å². The van der Waals surface area contributed by atoms with Crippen LogP contribution < -0.4 is 14.4 Å². The first-order chi connectivity index (χ1) is 19.7. The number of aromatic nitrogens is 1. The molecule has 0 radical (unpaired) electrons. The summed E-state index contributed by atoms with van der Waals surface area (Å²) in [4.78, 5) is 45.4. The minimum absolute atomic E-state index is 0.00481. The standard InChI is InChI=1S/C31H32N2O7S/c1-5-6-7-13-39-22-10-8-9-19(16-22)25-24(26(34)20-11-12-23-21(15-20)14-17(2)40-23)27(35)29(36)33(25)31-32-18(3)28(41-31)30(37)38-4/h8-12,15-17,25,34H,5-7,13-14H2,1-4H3/b26-24+/t17-,25+/m1/s1. The summed E-state index contributed by atoms with van der Waals surface area (Å²) in [6.45, 7) is 6.24. The quantitative estimate of drug-likeness (QED) is 0.112. The van der Waals surface area contributed by atoms with Gasteiger partial charge in [-0.1, -0.05) is 43.2 Å².